The standard InChI is InChI=1S/C38H40N2O5/c1-27-23-31(37(35(39-27)38(41)44-4)45-26-28-15-9-7-10-16-28)19-11-5-6-14-21-40-22-20-30-24-33(42-2)34(43-3)25-32(30)36(40)29-17-12-8-13-18-29/h7-10,12-13,15-18,23-25,36H,5-6,14,20-22,26H2,1-4H3. The molecular weight excluding hydrogens is 564 g/mol. The third-order valence-electron chi connectivity index (χ3n) is 8.01. The van der Waals surface area contributed by atoms with E-state index in [4.69, 9.17) is 18.9 Å². The summed E-state index contributed by atoms with van der Waals surface area (Å²) in [5.41, 5.74) is 6.28. The normalized spacial score (nSPS) is 14.1. The molecular formula is C38H40N2O5. The number of methoxy groups -OCH3 is 3. The van der Waals surface area contributed by atoms with Crippen molar-refractivity contribution in [3.63, 3.8) is 0 Å². The Morgan fingerprint density at radius 1 is 0.933 bits per heavy atom. The Balaban J connectivity index is 1.28. The highest BCUT2D eigenvalue weighted by Gasteiger charge is 2.30. The summed E-state index contributed by atoms with van der Waals surface area (Å²) < 4.78 is 22.4. The second-order valence-corrected chi connectivity index (χ2v) is 11.0. The highest BCUT2D eigenvalue weighted by atomic mass is 16.5. The number of ether oxygens (including phenoxy) is 4. The van der Waals surface area contributed by atoms with E-state index in [9.17, 15) is 4.79 Å². The van der Waals surface area contributed by atoms with Crippen LogP contribution < -0.4 is 14.2 Å². The molecule has 232 valence electrons. The van der Waals surface area contributed by atoms with Crippen LogP contribution in [0.3, 0.4) is 0 Å². The molecule has 0 fully saturated rings. The summed E-state index contributed by atoms with van der Waals surface area (Å²) in [6.45, 7) is 4.04. The SMILES string of the molecule is COC(=O)c1nc(C)cc(C#CCCCCN2CCc3cc(OC)c(OC)cc3C2c2ccccc2)c1OCc1ccccc1. The van der Waals surface area contributed by atoms with Gasteiger partial charge in [-0.1, -0.05) is 72.5 Å². The molecule has 0 spiro atoms. The van der Waals surface area contributed by atoms with Gasteiger partial charge in [-0.3, -0.25) is 4.90 Å². The molecule has 7 heteroatoms. The minimum atomic E-state index is -0.544. The van der Waals surface area contributed by atoms with Gasteiger partial charge in [-0.15, -0.1) is 0 Å². The first-order valence-electron chi connectivity index (χ1n) is 15.3. The largest absolute Gasteiger partial charge is 0.493 e. The average Bonchev–Trinajstić information content (AvgIpc) is 3.08. The Morgan fingerprint density at radius 3 is 2.36 bits per heavy atom. The summed E-state index contributed by atoms with van der Waals surface area (Å²) in [5.74, 6) is 7.91. The molecule has 0 bridgehead atoms. The summed E-state index contributed by atoms with van der Waals surface area (Å²) in [7, 11) is 4.71. The van der Waals surface area contributed by atoms with E-state index in [0.29, 0.717) is 23.6 Å². The minimum absolute atomic E-state index is 0.140. The lowest BCUT2D eigenvalue weighted by Crippen LogP contribution is -2.36. The lowest BCUT2D eigenvalue weighted by atomic mass is 9.87. The molecule has 4 aromatic rings. The van der Waals surface area contributed by atoms with Crippen molar-refractivity contribution in [2.45, 2.75) is 45.3 Å². The van der Waals surface area contributed by atoms with Crippen molar-refractivity contribution in [3.05, 3.63) is 118 Å². The number of carbonyl (C=O) groups excluding carboxylic acids is 1. The van der Waals surface area contributed by atoms with Crippen molar-refractivity contribution in [3.8, 4) is 29.1 Å². The van der Waals surface area contributed by atoms with Crippen LogP contribution in [0.1, 0.15) is 69.3 Å². The summed E-state index contributed by atoms with van der Waals surface area (Å²) in [5, 5.41) is 0. The van der Waals surface area contributed by atoms with Crippen molar-refractivity contribution in [1.82, 2.24) is 9.88 Å². The van der Waals surface area contributed by atoms with Gasteiger partial charge in [0.25, 0.3) is 0 Å². The van der Waals surface area contributed by atoms with Crippen LogP contribution in [0.5, 0.6) is 17.2 Å². The molecule has 2 heterocycles. The number of nitrogens with zero attached hydrogens (tertiary/aromatic N) is 2. The summed E-state index contributed by atoms with van der Waals surface area (Å²) in [6, 6.07) is 26.7. The van der Waals surface area contributed by atoms with Gasteiger partial charge in [0, 0.05) is 18.7 Å². The van der Waals surface area contributed by atoms with Crippen LogP contribution >= 0.6 is 0 Å². The maximum Gasteiger partial charge on any atom is 0.360 e. The molecule has 0 saturated heterocycles. The number of carbonyl (C=O) groups is 1. The van der Waals surface area contributed by atoms with Crippen molar-refractivity contribution in [1.29, 1.82) is 0 Å². The Bertz CT molecular complexity index is 1660. The minimum Gasteiger partial charge on any atom is -0.493 e. The van der Waals surface area contributed by atoms with Gasteiger partial charge in [0.05, 0.1) is 32.9 Å². The molecule has 5 rings (SSSR count). The zero-order valence-electron chi connectivity index (χ0n) is 26.5. The van der Waals surface area contributed by atoms with Gasteiger partial charge in [-0.25, -0.2) is 9.78 Å². The number of hydrogen-bond acceptors (Lipinski definition) is 7. The van der Waals surface area contributed by atoms with E-state index in [-0.39, 0.29) is 11.7 Å². The maximum absolute atomic E-state index is 12.6. The number of pyridine rings is 1. The monoisotopic (exact) mass is 604 g/mol. The molecule has 1 aromatic heterocycles. The lowest BCUT2D eigenvalue weighted by molar-refractivity contribution is 0.0588. The number of benzene rings is 3. The van der Waals surface area contributed by atoms with E-state index < -0.39 is 5.97 Å². The first kappa shape index (κ1) is 31.6. The molecule has 1 aliphatic heterocycles. The smallest absolute Gasteiger partial charge is 0.360 e. The molecule has 0 aliphatic carbocycles. The molecule has 0 N–H and O–H groups in total. The summed E-state index contributed by atoms with van der Waals surface area (Å²) in [4.78, 5) is 19.5. The molecule has 7 nitrogen and oxygen atoms in total. The van der Waals surface area contributed by atoms with Crippen molar-refractivity contribution >= 4 is 5.97 Å². The van der Waals surface area contributed by atoms with Crippen LogP contribution in [0.25, 0.3) is 0 Å². The first-order chi connectivity index (χ1) is 22.0. The predicted octanol–water partition coefficient (Wildman–Crippen LogP) is 6.94. The zero-order valence-corrected chi connectivity index (χ0v) is 26.5. The number of rotatable bonds is 11. The van der Waals surface area contributed by atoms with E-state index >= 15 is 0 Å². The fourth-order valence-electron chi connectivity index (χ4n) is 5.82. The van der Waals surface area contributed by atoms with Gasteiger partial charge in [-0.2, -0.15) is 0 Å². The third kappa shape index (κ3) is 7.65. The molecule has 0 amide bonds. The number of aryl methyl sites for hydroxylation is 1. The number of aromatic nitrogens is 1. The third-order valence-corrected chi connectivity index (χ3v) is 8.01. The van der Waals surface area contributed by atoms with Gasteiger partial charge < -0.3 is 18.9 Å². The molecule has 1 unspecified atom stereocenters. The summed E-state index contributed by atoms with van der Waals surface area (Å²) in [6.07, 6.45) is 3.62. The first-order valence-corrected chi connectivity index (χ1v) is 15.3. The van der Waals surface area contributed by atoms with Crippen LogP contribution in [0, 0.1) is 18.8 Å². The summed E-state index contributed by atoms with van der Waals surface area (Å²) >= 11 is 0. The fourth-order valence-corrected chi connectivity index (χ4v) is 5.82. The van der Waals surface area contributed by atoms with Crippen LogP contribution in [0.4, 0.5) is 0 Å². The Morgan fingerprint density at radius 2 is 1.64 bits per heavy atom. The van der Waals surface area contributed by atoms with Gasteiger partial charge in [0.15, 0.2) is 22.9 Å². The van der Waals surface area contributed by atoms with Crippen molar-refractivity contribution in [2.24, 2.45) is 0 Å². The van der Waals surface area contributed by atoms with E-state index in [1.807, 2.05) is 43.3 Å². The Kier molecular flexibility index (Phi) is 10.7. The maximum atomic E-state index is 12.6. The van der Waals surface area contributed by atoms with Gasteiger partial charge >= 0.3 is 5.97 Å². The molecule has 3 aromatic carbocycles. The van der Waals surface area contributed by atoms with Crippen LogP contribution in [-0.4, -0.2) is 50.3 Å². The highest BCUT2D eigenvalue weighted by Crippen LogP contribution is 2.41. The molecule has 45 heavy (non-hydrogen) atoms. The zero-order chi connectivity index (χ0) is 31.6. The number of fused-ring (bicyclic) bond motifs is 1. The fraction of sp³-hybridized carbons (Fsp3) is 0.316. The van der Waals surface area contributed by atoms with Gasteiger partial charge in [0.2, 0.25) is 0 Å². The van der Waals surface area contributed by atoms with Crippen LogP contribution in [-0.2, 0) is 17.8 Å². The van der Waals surface area contributed by atoms with E-state index in [1.165, 1.54) is 23.8 Å². The topological polar surface area (TPSA) is 70.1 Å². The van der Waals surface area contributed by atoms with Gasteiger partial charge in [0.1, 0.15) is 6.61 Å². The van der Waals surface area contributed by atoms with Gasteiger partial charge in [-0.05, 0) is 73.2 Å². The number of esters is 1. The highest BCUT2D eigenvalue weighted by molar-refractivity contribution is 5.91. The second kappa shape index (κ2) is 15.3. The molecule has 1 aliphatic rings. The van der Waals surface area contributed by atoms with Crippen molar-refractivity contribution < 1.29 is 23.7 Å². The second-order valence-electron chi connectivity index (χ2n) is 11.0. The average molecular weight is 605 g/mol. The number of hydrogen-bond donors (Lipinski definition) is 0. The molecule has 1 atom stereocenters. The Labute approximate surface area is 266 Å². The van der Waals surface area contributed by atoms with Crippen LogP contribution in [0.2, 0.25) is 0 Å². The Hall–Kier alpha value is -4.80. The quantitative estimate of drug-likeness (QED) is 0.104. The number of unbranched alkanes of at least 4 members (excludes halogenated alkanes) is 2. The molecule has 0 radical (unpaired) electrons. The van der Waals surface area contributed by atoms with E-state index in [1.54, 1.807) is 14.2 Å². The van der Waals surface area contributed by atoms with Crippen LogP contribution in [0.15, 0.2) is 78.9 Å². The van der Waals surface area contributed by atoms with E-state index in [0.717, 1.165) is 55.8 Å². The lowest BCUT2D eigenvalue weighted by Gasteiger charge is -2.38. The molecule has 0 saturated carbocycles. The van der Waals surface area contributed by atoms with Crippen molar-refractivity contribution in [2.75, 3.05) is 34.4 Å². The van der Waals surface area contributed by atoms with E-state index in [2.05, 4.69) is 64.2 Å². The predicted molar refractivity (Wildman–Crippen MR) is 175 cm³/mol.